The summed E-state index contributed by atoms with van der Waals surface area (Å²) in [5, 5.41) is 12.4. The first kappa shape index (κ1) is 16.9. The maximum Gasteiger partial charge on any atom is 0.317 e. The van der Waals surface area contributed by atoms with Crippen LogP contribution in [0.15, 0.2) is 24.3 Å². The number of hydrogen-bond acceptors (Lipinski definition) is 3. The van der Waals surface area contributed by atoms with E-state index in [9.17, 15) is 9.18 Å². The summed E-state index contributed by atoms with van der Waals surface area (Å²) in [7, 11) is 0. The van der Waals surface area contributed by atoms with Gasteiger partial charge < -0.3 is 10.4 Å². The van der Waals surface area contributed by atoms with Crippen molar-refractivity contribution in [3.05, 3.63) is 35.6 Å². The summed E-state index contributed by atoms with van der Waals surface area (Å²) >= 11 is 0. The number of halogens is 1. The van der Waals surface area contributed by atoms with Gasteiger partial charge in [-0.15, -0.1) is 0 Å². The average Bonchev–Trinajstić information content (AvgIpc) is 2.44. The van der Waals surface area contributed by atoms with Gasteiger partial charge in [0.05, 0.1) is 6.54 Å². The predicted octanol–water partition coefficient (Wildman–Crippen LogP) is 2.46. The number of rotatable bonds is 8. The summed E-state index contributed by atoms with van der Waals surface area (Å²) in [4.78, 5) is 12.8. The van der Waals surface area contributed by atoms with E-state index in [0.717, 1.165) is 31.5 Å². The highest BCUT2D eigenvalue weighted by Gasteiger charge is 2.33. The van der Waals surface area contributed by atoms with Gasteiger partial charge in [0, 0.05) is 18.6 Å². The van der Waals surface area contributed by atoms with Gasteiger partial charge in [-0.25, -0.2) is 4.39 Å². The Morgan fingerprint density at radius 1 is 1.41 bits per heavy atom. The highest BCUT2D eigenvalue weighted by molar-refractivity contribution is 5.69. The molecule has 2 N–H and O–H groups in total. The van der Waals surface area contributed by atoms with Crippen molar-refractivity contribution in [2.45, 2.75) is 44.7 Å². The first-order chi connectivity index (χ1) is 10.5. The monoisotopic (exact) mass is 308 g/mol. The van der Waals surface area contributed by atoms with Gasteiger partial charge in [-0.1, -0.05) is 26.0 Å². The maximum absolute atomic E-state index is 12.9. The number of carboxylic acids is 1. The highest BCUT2D eigenvalue weighted by atomic mass is 19.1. The fourth-order valence-electron chi connectivity index (χ4n) is 2.98. The Hall–Kier alpha value is -1.46. The zero-order chi connectivity index (χ0) is 16.1. The molecule has 0 heterocycles. The van der Waals surface area contributed by atoms with Crippen LogP contribution >= 0.6 is 0 Å². The molecule has 1 aliphatic rings. The fraction of sp³-hybridized carbons (Fsp3) is 0.588. The third kappa shape index (κ3) is 4.52. The minimum atomic E-state index is -0.761. The highest BCUT2D eigenvalue weighted by Crippen LogP contribution is 2.26. The van der Waals surface area contributed by atoms with Crippen LogP contribution in [0.5, 0.6) is 0 Å². The minimum Gasteiger partial charge on any atom is -0.480 e. The fourth-order valence-corrected chi connectivity index (χ4v) is 2.98. The molecular formula is C17H25FN2O2. The van der Waals surface area contributed by atoms with Crippen LogP contribution in [0.25, 0.3) is 0 Å². The smallest absolute Gasteiger partial charge is 0.317 e. The standard InChI is InChI=1S/C17H25FN2O2/c1-3-20(11-17(21)22)16-8-15(9-16)19-10-12(2)13-4-6-14(18)7-5-13/h4-7,12,15-16,19H,3,8-11H2,1-2H3,(H,21,22). The Balaban J connectivity index is 1.71. The second kappa shape index (κ2) is 7.70. The lowest BCUT2D eigenvalue weighted by molar-refractivity contribution is -0.139. The molecule has 122 valence electrons. The molecule has 0 aliphatic heterocycles. The van der Waals surface area contributed by atoms with E-state index in [2.05, 4.69) is 12.2 Å². The largest absolute Gasteiger partial charge is 0.480 e. The van der Waals surface area contributed by atoms with Gasteiger partial charge in [-0.3, -0.25) is 9.69 Å². The first-order valence-electron chi connectivity index (χ1n) is 7.94. The summed E-state index contributed by atoms with van der Waals surface area (Å²) < 4.78 is 12.9. The molecule has 2 rings (SSSR count). The normalized spacial score (nSPS) is 22.4. The van der Waals surface area contributed by atoms with Gasteiger partial charge in [0.25, 0.3) is 0 Å². The summed E-state index contributed by atoms with van der Waals surface area (Å²) in [6.45, 7) is 5.88. The van der Waals surface area contributed by atoms with Crippen molar-refractivity contribution in [1.29, 1.82) is 0 Å². The second-order valence-electron chi connectivity index (χ2n) is 6.14. The van der Waals surface area contributed by atoms with Crippen LogP contribution in [-0.4, -0.2) is 47.7 Å². The number of aliphatic carboxylic acids is 1. The van der Waals surface area contributed by atoms with E-state index in [1.807, 2.05) is 24.0 Å². The molecule has 0 amide bonds. The van der Waals surface area contributed by atoms with Crippen molar-refractivity contribution in [1.82, 2.24) is 10.2 Å². The lowest BCUT2D eigenvalue weighted by atomic mass is 9.85. The molecule has 1 aliphatic carbocycles. The summed E-state index contributed by atoms with van der Waals surface area (Å²) in [5.74, 6) is -0.632. The van der Waals surface area contributed by atoms with Gasteiger partial charge >= 0.3 is 5.97 Å². The van der Waals surface area contributed by atoms with Crippen LogP contribution in [0.3, 0.4) is 0 Å². The number of carbonyl (C=O) groups is 1. The quantitative estimate of drug-likeness (QED) is 0.774. The Kier molecular flexibility index (Phi) is 5.91. The van der Waals surface area contributed by atoms with Crippen LogP contribution < -0.4 is 5.32 Å². The molecule has 4 nitrogen and oxygen atoms in total. The molecule has 22 heavy (non-hydrogen) atoms. The molecule has 1 aromatic carbocycles. The van der Waals surface area contributed by atoms with E-state index in [1.54, 1.807) is 0 Å². The maximum atomic E-state index is 12.9. The predicted molar refractivity (Wildman–Crippen MR) is 84.5 cm³/mol. The van der Waals surface area contributed by atoms with E-state index in [-0.39, 0.29) is 12.4 Å². The summed E-state index contributed by atoms with van der Waals surface area (Å²) in [5.41, 5.74) is 1.13. The molecule has 0 radical (unpaired) electrons. The number of nitrogens with zero attached hydrogens (tertiary/aromatic N) is 1. The lowest BCUT2D eigenvalue weighted by Gasteiger charge is -2.42. The first-order valence-corrected chi connectivity index (χ1v) is 7.94. The van der Waals surface area contributed by atoms with Crippen LogP contribution in [0.4, 0.5) is 4.39 Å². The minimum absolute atomic E-state index is 0.125. The molecule has 0 bridgehead atoms. The van der Waals surface area contributed by atoms with Crippen molar-refractivity contribution in [2.24, 2.45) is 0 Å². The van der Waals surface area contributed by atoms with E-state index < -0.39 is 5.97 Å². The Bertz CT molecular complexity index is 486. The molecule has 0 saturated heterocycles. The molecule has 1 fully saturated rings. The molecular weight excluding hydrogens is 283 g/mol. The number of hydrogen-bond donors (Lipinski definition) is 2. The molecule has 1 aromatic rings. The van der Waals surface area contributed by atoms with Crippen LogP contribution in [0.2, 0.25) is 0 Å². The number of benzene rings is 1. The number of likely N-dealkylation sites (N-methyl/N-ethyl adjacent to an activating group) is 1. The van der Waals surface area contributed by atoms with E-state index in [1.165, 1.54) is 12.1 Å². The summed E-state index contributed by atoms with van der Waals surface area (Å²) in [6, 6.07) is 7.48. The number of carboxylic acid groups (broad SMARTS) is 1. The van der Waals surface area contributed by atoms with E-state index >= 15 is 0 Å². The third-order valence-corrected chi connectivity index (χ3v) is 4.53. The molecule has 1 unspecified atom stereocenters. The van der Waals surface area contributed by atoms with Crippen molar-refractivity contribution in [2.75, 3.05) is 19.6 Å². The SMILES string of the molecule is CCN(CC(=O)O)C1CC(NCC(C)c2ccc(F)cc2)C1. The van der Waals surface area contributed by atoms with Crippen molar-refractivity contribution in [3.63, 3.8) is 0 Å². The van der Waals surface area contributed by atoms with Gasteiger partial charge in [-0.05, 0) is 43.0 Å². The van der Waals surface area contributed by atoms with Gasteiger partial charge in [0.1, 0.15) is 5.82 Å². The Morgan fingerprint density at radius 2 is 2.05 bits per heavy atom. The van der Waals surface area contributed by atoms with Crippen LogP contribution in [-0.2, 0) is 4.79 Å². The van der Waals surface area contributed by atoms with Gasteiger partial charge in [-0.2, -0.15) is 0 Å². The van der Waals surface area contributed by atoms with Crippen LogP contribution in [0.1, 0.15) is 38.2 Å². The van der Waals surface area contributed by atoms with Crippen LogP contribution in [0, 0.1) is 5.82 Å². The topological polar surface area (TPSA) is 52.6 Å². The Labute approximate surface area is 131 Å². The third-order valence-electron chi connectivity index (χ3n) is 4.53. The lowest BCUT2D eigenvalue weighted by Crippen LogP contribution is -2.54. The van der Waals surface area contributed by atoms with Crippen molar-refractivity contribution >= 4 is 5.97 Å². The van der Waals surface area contributed by atoms with Crippen molar-refractivity contribution in [3.8, 4) is 0 Å². The number of nitrogens with one attached hydrogen (secondary N) is 1. The summed E-state index contributed by atoms with van der Waals surface area (Å²) in [6.07, 6.45) is 1.99. The molecule has 0 aromatic heterocycles. The molecule has 1 atom stereocenters. The molecule has 1 saturated carbocycles. The van der Waals surface area contributed by atoms with E-state index in [0.29, 0.717) is 18.0 Å². The van der Waals surface area contributed by atoms with Crippen molar-refractivity contribution < 1.29 is 14.3 Å². The molecule has 5 heteroatoms. The average molecular weight is 308 g/mol. The van der Waals surface area contributed by atoms with Gasteiger partial charge in [0.15, 0.2) is 0 Å². The van der Waals surface area contributed by atoms with E-state index in [4.69, 9.17) is 5.11 Å². The van der Waals surface area contributed by atoms with Gasteiger partial charge in [0.2, 0.25) is 0 Å². The Morgan fingerprint density at radius 3 is 2.59 bits per heavy atom. The zero-order valence-corrected chi connectivity index (χ0v) is 13.3. The second-order valence-corrected chi connectivity index (χ2v) is 6.14. The zero-order valence-electron chi connectivity index (χ0n) is 13.3. The molecule has 0 spiro atoms.